The van der Waals surface area contributed by atoms with E-state index in [9.17, 15) is 14.4 Å². The Hall–Kier alpha value is -4.12. The Bertz CT molecular complexity index is 1390. The molecule has 31 heavy (non-hydrogen) atoms. The van der Waals surface area contributed by atoms with Crippen LogP contribution >= 0.6 is 11.3 Å². The summed E-state index contributed by atoms with van der Waals surface area (Å²) in [5, 5.41) is 4.60. The standard InChI is InChI=1S/C20H14N4O6S/c25-17(23-19-22-13(9-31-19)14-2-1-5-28-14)12-7-21-20(27)24(18(12)26)8-11-3-4-15-16(6-11)30-10-29-15/h1-7,9H,8,10H2,(H,21,27)(H,22,23,25). The van der Waals surface area contributed by atoms with E-state index < -0.39 is 17.2 Å². The van der Waals surface area contributed by atoms with Crippen molar-refractivity contribution in [1.82, 2.24) is 14.5 Å². The maximum Gasteiger partial charge on any atom is 0.328 e. The molecule has 1 amide bonds. The molecule has 4 heterocycles. The molecule has 0 aliphatic carbocycles. The molecule has 156 valence electrons. The highest BCUT2D eigenvalue weighted by molar-refractivity contribution is 7.14. The summed E-state index contributed by atoms with van der Waals surface area (Å²) in [5.74, 6) is 1.01. The number of nitrogens with one attached hydrogen (secondary N) is 2. The van der Waals surface area contributed by atoms with Crippen molar-refractivity contribution in [2.45, 2.75) is 6.54 Å². The Morgan fingerprint density at radius 2 is 2.10 bits per heavy atom. The van der Waals surface area contributed by atoms with E-state index >= 15 is 0 Å². The molecule has 0 spiro atoms. The number of aromatic amines is 1. The Kier molecular flexibility index (Phi) is 4.64. The van der Waals surface area contributed by atoms with Gasteiger partial charge in [-0.05, 0) is 29.8 Å². The van der Waals surface area contributed by atoms with Crippen molar-refractivity contribution >= 4 is 22.4 Å². The highest BCUT2D eigenvalue weighted by Gasteiger charge is 2.18. The van der Waals surface area contributed by atoms with E-state index in [1.165, 1.54) is 17.6 Å². The fourth-order valence-electron chi connectivity index (χ4n) is 3.07. The Morgan fingerprint density at radius 1 is 1.23 bits per heavy atom. The maximum atomic E-state index is 12.8. The predicted molar refractivity (Wildman–Crippen MR) is 111 cm³/mol. The number of ether oxygens (including phenoxy) is 2. The average Bonchev–Trinajstić information content (AvgIpc) is 3.51. The van der Waals surface area contributed by atoms with E-state index in [0.29, 0.717) is 33.6 Å². The van der Waals surface area contributed by atoms with Crippen molar-refractivity contribution in [1.29, 1.82) is 0 Å². The summed E-state index contributed by atoms with van der Waals surface area (Å²) in [6.07, 6.45) is 2.62. The quantitative estimate of drug-likeness (QED) is 0.489. The van der Waals surface area contributed by atoms with Gasteiger partial charge in [-0.1, -0.05) is 6.07 Å². The zero-order valence-corrected chi connectivity index (χ0v) is 16.6. The van der Waals surface area contributed by atoms with Gasteiger partial charge in [-0.2, -0.15) is 0 Å². The molecule has 1 aliphatic rings. The second-order valence-corrected chi connectivity index (χ2v) is 7.41. The van der Waals surface area contributed by atoms with Crippen LogP contribution in [0.25, 0.3) is 11.5 Å². The molecule has 0 radical (unpaired) electrons. The van der Waals surface area contributed by atoms with E-state index in [4.69, 9.17) is 13.9 Å². The fourth-order valence-corrected chi connectivity index (χ4v) is 3.77. The minimum Gasteiger partial charge on any atom is -0.463 e. The van der Waals surface area contributed by atoms with E-state index in [-0.39, 0.29) is 18.9 Å². The lowest BCUT2D eigenvalue weighted by Crippen LogP contribution is -2.39. The molecular formula is C20H14N4O6S. The summed E-state index contributed by atoms with van der Waals surface area (Å²) in [6.45, 7) is 0.0825. The minimum atomic E-state index is -0.721. The van der Waals surface area contributed by atoms with Gasteiger partial charge in [0.2, 0.25) is 6.79 Å². The number of anilines is 1. The third kappa shape index (κ3) is 3.62. The van der Waals surface area contributed by atoms with Crippen LogP contribution in [0.15, 0.2) is 62.2 Å². The number of fused-ring (bicyclic) bond motifs is 1. The number of H-pyrrole nitrogens is 1. The summed E-state index contributed by atoms with van der Waals surface area (Å²) in [5.41, 5.74) is -0.352. The second kappa shape index (κ2) is 7.61. The molecule has 0 fully saturated rings. The third-order valence-electron chi connectivity index (χ3n) is 4.58. The molecule has 10 nitrogen and oxygen atoms in total. The van der Waals surface area contributed by atoms with E-state index in [1.54, 1.807) is 35.7 Å². The van der Waals surface area contributed by atoms with Crippen molar-refractivity contribution in [3.8, 4) is 23.0 Å². The van der Waals surface area contributed by atoms with Gasteiger partial charge in [-0.3, -0.25) is 19.5 Å². The number of nitrogens with zero attached hydrogens (tertiary/aromatic N) is 2. The van der Waals surface area contributed by atoms with Crippen LogP contribution in [-0.4, -0.2) is 27.2 Å². The SMILES string of the molecule is O=C(Nc1nc(-c2ccco2)cs1)c1c[nH]c(=O)n(Cc2ccc3c(c2)OCO3)c1=O. The predicted octanol–water partition coefficient (Wildman–Crippen LogP) is 2.28. The number of carbonyl (C=O) groups is 1. The van der Waals surface area contributed by atoms with Gasteiger partial charge >= 0.3 is 5.69 Å². The van der Waals surface area contributed by atoms with Crippen LogP contribution in [0.1, 0.15) is 15.9 Å². The van der Waals surface area contributed by atoms with Crippen molar-refractivity contribution in [2.75, 3.05) is 12.1 Å². The first kappa shape index (κ1) is 18.9. The monoisotopic (exact) mass is 438 g/mol. The van der Waals surface area contributed by atoms with E-state index in [1.807, 2.05) is 0 Å². The first-order chi connectivity index (χ1) is 15.1. The first-order valence-corrected chi connectivity index (χ1v) is 9.98. The van der Waals surface area contributed by atoms with Gasteiger partial charge in [-0.15, -0.1) is 11.3 Å². The molecule has 4 aromatic rings. The van der Waals surface area contributed by atoms with Gasteiger partial charge in [0.15, 0.2) is 22.4 Å². The summed E-state index contributed by atoms with van der Waals surface area (Å²) >= 11 is 1.19. The minimum absolute atomic E-state index is 0.0359. The molecule has 1 aromatic carbocycles. The number of hydrogen-bond acceptors (Lipinski definition) is 8. The number of benzene rings is 1. The second-order valence-electron chi connectivity index (χ2n) is 6.56. The largest absolute Gasteiger partial charge is 0.463 e. The molecule has 0 saturated carbocycles. The summed E-state index contributed by atoms with van der Waals surface area (Å²) in [6, 6.07) is 8.59. The highest BCUT2D eigenvalue weighted by atomic mass is 32.1. The number of amides is 1. The van der Waals surface area contributed by atoms with Crippen molar-refractivity contribution in [3.05, 3.63) is 80.1 Å². The average molecular weight is 438 g/mol. The molecule has 1 aliphatic heterocycles. The van der Waals surface area contributed by atoms with Crippen molar-refractivity contribution < 1.29 is 18.7 Å². The normalized spacial score (nSPS) is 12.1. The lowest BCUT2D eigenvalue weighted by molar-refractivity contribution is 0.102. The van der Waals surface area contributed by atoms with Crippen molar-refractivity contribution in [2.24, 2.45) is 0 Å². The third-order valence-corrected chi connectivity index (χ3v) is 5.34. The molecule has 3 aromatic heterocycles. The van der Waals surface area contributed by atoms with Gasteiger partial charge in [-0.25, -0.2) is 9.78 Å². The van der Waals surface area contributed by atoms with E-state index in [2.05, 4.69) is 15.3 Å². The highest BCUT2D eigenvalue weighted by Crippen LogP contribution is 2.32. The Morgan fingerprint density at radius 3 is 2.94 bits per heavy atom. The first-order valence-electron chi connectivity index (χ1n) is 9.10. The molecule has 0 bridgehead atoms. The van der Waals surface area contributed by atoms with Crippen LogP contribution < -0.4 is 26.0 Å². The number of aromatic nitrogens is 3. The molecule has 0 unspecified atom stereocenters. The van der Waals surface area contributed by atoms with Crippen LogP contribution in [0.3, 0.4) is 0 Å². The smallest absolute Gasteiger partial charge is 0.328 e. The van der Waals surface area contributed by atoms with Crippen LogP contribution in [-0.2, 0) is 6.54 Å². The van der Waals surface area contributed by atoms with Gasteiger partial charge in [0.05, 0.1) is 12.8 Å². The van der Waals surface area contributed by atoms with Crippen LogP contribution in [0, 0.1) is 0 Å². The lowest BCUT2D eigenvalue weighted by atomic mass is 10.2. The Balaban J connectivity index is 1.39. The van der Waals surface area contributed by atoms with E-state index in [0.717, 1.165) is 10.8 Å². The van der Waals surface area contributed by atoms with Crippen LogP contribution in [0.4, 0.5) is 5.13 Å². The Labute approximate surface area is 177 Å². The zero-order valence-electron chi connectivity index (χ0n) is 15.8. The number of rotatable bonds is 5. The molecule has 11 heteroatoms. The number of thiazole rings is 1. The molecule has 5 rings (SSSR count). The number of hydrogen-bond donors (Lipinski definition) is 2. The van der Waals surface area contributed by atoms with Crippen molar-refractivity contribution in [3.63, 3.8) is 0 Å². The summed E-state index contributed by atoms with van der Waals surface area (Å²) in [7, 11) is 0. The van der Waals surface area contributed by atoms with Gasteiger partial charge in [0.1, 0.15) is 11.3 Å². The molecule has 0 atom stereocenters. The van der Waals surface area contributed by atoms with Gasteiger partial charge in [0.25, 0.3) is 11.5 Å². The van der Waals surface area contributed by atoms with Crippen LogP contribution in [0.2, 0.25) is 0 Å². The summed E-state index contributed by atoms with van der Waals surface area (Å²) < 4.78 is 16.8. The maximum absolute atomic E-state index is 12.8. The lowest BCUT2D eigenvalue weighted by Gasteiger charge is -2.08. The van der Waals surface area contributed by atoms with Gasteiger partial charge < -0.3 is 18.9 Å². The molecule has 2 N–H and O–H groups in total. The molecular weight excluding hydrogens is 424 g/mol. The van der Waals surface area contributed by atoms with Crippen LogP contribution in [0.5, 0.6) is 11.5 Å². The zero-order chi connectivity index (χ0) is 21.4. The topological polar surface area (TPSA) is 128 Å². The van der Waals surface area contributed by atoms with Gasteiger partial charge in [0, 0.05) is 11.6 Å². The fraction of sp³-hybridized carbons (Fsp3) is 0.100. The number of furan rings is 1. The number of carbonyl (C=O) groups excluding carboxylic acids is 1. The molecule has 0 saturated heterocycles. The summed E-state index contributed by atoms with van der Waals surface area (Å²) in [4.78, 5) is 44.5.